The van der Waals surface area contributed by atoms with Gasteiger partial charge >= 0.3 is 0 Å². The topological polar surface area (TPSA) is 64.2 Å². The van der Waals surface area contributed by atoms with Gasteiger partial charge in [-0.05, 0) is 12.1 Å². The molecule has 0 spiro atoms. The minimum Gasteiger partial charge on any atom is -0.309 e. The number of aromatic nitrogens is 2. The van der Waals surface area contributed by atoms with Crippen molar-refractivity contribution in [2.24, 2.45) is 10.7 Å². The second kappa shape index (κ2) is 5.80. The maximum Gasteiger partial charge on any atom is 0.132 e. The molecule has 1 atom stereocenters. The minimum atomic E-state index is -0.679. The van der Waals surface area contributed by atoms with Gasteiger partial charge in [0.2, 0.25) is 0 Å². The molecule has 1 aromatic rings. The highest BCUT2D eigenvalue weighted by molar-refractivity contribution is 6.29. The lowest BCUT2D eigenvalue weighted by molar-refractivity contribution is 0.769. The Hall–Kier alpha value is -0.970. The van der Waals surface area contributed by atoms with E-state index in [1.807, 2.05) is 0 Å². The molecule has 0 aliphatic carbocycles. The Morgan fingerprint density at radius 1 is 1.47 bits per heavy atom. The molecule has 0 saturated carbocycles. The Morgan fingerprint density at radius 2 is 2.27 bits per heavy atom. The van der Waals surface area contributed by atoms with Crippen LogP contribution in [0.15, 0.2) is 35.9 Å². The van der Waals surface area contributed by atoms with Crippen molar-refractivity contribution < 1.29 is 0 Å². The molecule has 2 heterocycles. The van der Waals surface area contributed by atoms with E-state index in [2.05, 4.69) is 15.0 Å². The van der Waals surface area contributed by atoms with Gasteiger partial charge < -0.3 is 5.73 Å². The molecule has 4 nitrogen and oxygen atoms in total. The highest BCUT2D eigenvalue weighted by Crippen LogP contribution is 2.15. The van der Waals surface area contributed by atoms with Gasteiger partial charge in [0, 0.05) is 25.0 Å². The summed E-state index contributed by atoms with van der Waals surface area (Å²) in [5.41, 5.74) is 5.47. The van der Waals surface area contributed by atoms with E-state index in [0.717, 1.165) is 0 Å². The van der Waals surface area contributed by atoms with Crippen molar-refractivity contribution in [1.82, 2.24) is 9.97 Å². The van der Waals surface area contributed by atoms with Gasteiger partial charge in [0.25, 0.3) is 0 Å². The predicted molar refractivity (Wildman–Crippen MR) is 62.1 cm³/mol. The number of hydrogen-bond donors (Lipinski definition) is 1. The molecule has 0 radical (unpaired) electrons. The fourth-order valence-electron chi connectivity index (χ4n) is 0.763. The second-order valence-corrected chi connectivity index (χ2v) is 3.90. The summed E-state index contributed by atoms with van der Waals surface area (Å²) in [5, 5.41) is 0.481. The summed E-state index contributed by atoms with van der Waals surface area (Å²) in [6.07, 6.45) is 8.60. The van der Waals surface area contributed by atoms with E-state index in [4.69, 9.17) is 28.9 Å². The van der Waals surface area contributed by atoms with Crippen LogP contribution in [0, 0.1) is 0 Å². The molecular weight excluding hydrogens is 235 g/mol. The molecule has 80 valence electrons. The fraction of sp³-hybridized carbons (Fsp3) is 0.222. The van der Waals surface area contributed by atoms with Gasteiger partial charge in [-0.2, -0.15) is 0 Å². The van der Waals surface area contributed by atoms with Crippen molar-refractivity contribution in [1.29, 1.82) is 0 Å². The molecule has 1 aromatic heterocycles. The van der Waals surface area contributed by atoms with Crippen LogP contribution in [0.4, 0.5) is 0 Å². The van der Waals surface area contributed by atoms with Gasteiger partial charge in [-0.1, -0.05) is 23.2 Å². The van der Waals surface area contributed by atoms with Crippen LogP contribution in [0.2, 0.25) is 5.15 Å². The van der Waals surface area contributed by atoms with E-state index < -0.39 is 5.00 Å². The van der Waals surface area contributed by atoms with Crippen LogP contribution >= 0.6 is 23.2 Å². The summed E-state index contributed by atoms with van der Waals surface area (Å²) in [7, 11) is 0. The number of hydrogen-bond acceptors (Lipinski definition) is 4. The molecule has 2 N–H and O–H groups in total. The van der Waals surface area contributed by atoms with Crippen molar-refractivity contribution in [2.45, 2.75) is 11.4 Å². The third-order valence-corrected chi connectivity index (χ3v) is 2.00. The molecule has 15 heavy (non-hydrogen) atoms. The molecule has 0 amide bonds. The number of nitrogens with zero attached hydrogens (tertiary/aromatic N) is 3. The lowest BCUT2D eigenvalue weighted by Crippen LogP contribution is -2.31. The lowest BCUT2D eigenvalue weighted by Gasteiger charge is -2.15. The Balaban J connectivity index is 0.000000151. The van der Waals surface area contributed by atoms with Crippen molar-refractivity contribution in [3.8, 4) is 0 Å². The molecular formula is C9H10Cl2N4. The van der Waals surface area contributed by atoms with Gasteiger partial charge in [-0.15, -0.1) is 0 Å². The van der Waals surface area contributed by atoms with Crippen molar-refractivity contribution >= 4 is 29.4 Å². The SMILES string of the molecule is Clc1ccncn1.NC1(Cl)C=CN=CC1. The monoisotopic (exact) mass is 244 g/mol. The number of aliphatic imine (C=N–C) groups is 1. The van der Waals surface area contributed by atoms with Crippen LogP contribution < -0.4 is 5.73 Å². The van der Waals surface area contributed by atoms with E-state index in [0.29, 0.717) is 11.6 Å². The largest absolute Gasteiger partial charge is 0.309 e. The highest BCUT2D eigenvalue weighted by atomic mass is 35.5. The van der Waals surface area contributed by atoms with Crippen molar-refractivity contribution in [2.75, 3.05) is 0 Å². The Labute approximate surface area is 97.8 Å². The Bertz CT molecular complexity index is 348. The lowest BCUT2D eigenvalue weighted by atomic mass is 10.2. The first-order valence-corrected chi connectivity index (χ1v) is 4.94. The Kier molecular flexibility index (Phi) is 4.68. The molecule has 1 aliphatic rings. The Morgan fingerprint density at radius 3 is 2.53 bits per heavy atom. The summed E-state index contributed by atoms with van der Waals surface area (Å²) in [4.78, 5) is 10.4. The number of halogens is 2. The van der Waals surface area contributed by atoms with E-state index in [-0.39, 0.29) is 0 Å². The molecule has 0 aromatic carbocycles. The molecule has 2 rings (SSSR count). The zero-order chi connectivity index (χ0) is 11.1. The summed E-state index contributed by atoms with van der Waals surface area (Å²) < 4.78 is 0. The smallest absolute Gasteiger partial charge is 0.132 e. The fourth-order valence-corrected chi connectivity index (χ4v) is 0.988. The summed E-state index contributed by atoms with van der Waals surface area (Å²) in [6, 6.07) is 1.63. The van der Waals surface area contributed by atoms with Crippen LogP contribution in [0.25, 0.3) is 0 Å². The molecule has 1 aliphatic heterocycles. The third-order valence-electron chi connectivity index (χ3n) is 1.49. The first-order chi connectivity index (χ1) is 7.10. The summed E-state index contributed by atoms with van der Waals surface area (Å²) in [6.45, 7) is 0. The first-order valence-electron chi connectivity index (χ1n) is 4.19. The van der Waals surface area contributed by atoms with E-state index >= 15 is 0 Å². The minimum absolute atomic E-state index is 0.481. The molecule has 1 unspecified atom stereocenters. The summed E-state index contributed by atoms with van der Waals surface area (Å²) in [5.74, 6) is 0. The molecule has 0 fully saturated rings. The van der Waals surface area contributed by atoms with Gasteiger partial charge in [0.05, 0.1) is 0 Å². The quantitative estimate of drug-likeness (QED) is 0.432. The number of rotatable bonds is 0. The second-order valence-electron chi connectivity index (χ2n) is 2.81. The molecule has 0 bridgehead atoms. The van der Waals surface area contributed by atoms with Gasteiger partial charge in [-0.3, -0.25) is 4.99 Å². The van der Waals surface area contributed by atoms with Crippen LogP contribution in [0.3, 0.4) is 0 Å². The number of alkyl halides is 1. The van der Waals surface area contributed by atoms with Gasteiger partial charge in [0.1, 0.15) is 16.5 Å². The zero-order valence-electron chi connectivity index (χ0n) is 7.85. The van der Waals surface area contributed by atoms with Crippen LogP contribution in [0.1, 0.15) is 6.42 Å². The van der Waals surface area contributed by atoms with Gasteiger partial charge in [0.15, 0.2) is 0 Å². The molecule has 0 saturated heterocycles. The zero-order valence-corrected chi connectivity index (χ0v) is 9.36. The maximum absolute atomic E-state index is 5.67. The summed E-state index contributed by atoms with van der Waals surface area (Å²) >= 11 is 11.1. The third kappa shape index (κ3) is 5.47. The van der Waals surface area contributed by atoms with Crippen LogP contribution in [0.5, 0.6) is 0 Å². The van der Waals surface area contributed by atoms with E-state index in [1.54, 1.807) is 30.8 Å². The van der Waals surface area contributed by atoms with Crippen molar-refractivity contribution in [3.05, 3.63) is 36.0 Å². The average Bonchev–Trinajstić information content (AvgIpc) is 2.19. The maximum atomic E-state index is 5.67. The normalized spacial score (nSPS) is 23.1. The van der Waals surface area contributed by atoms with E-state index in [1.165, 1.54) is 6.33 Å². The van der Waals surface area contributed by atoms with Crippen molar-refractivity contribution in [3.63, 3.8) is 0 Å². The predicted octanol–water partition coefficient (Wildman–Crippen LogP) is 2.00. The van der Waals surface area contributed by atoms with Crippen LogP contribution in [-0.2, 0) is 0 Å². The standard InChI is InChI=1S/C5H7ClN2.C4H3ClN2/c6-5(7)1-3-8-4-2-5;5-4-1-2-6-3-7-4/h1,3-4H,2,7H2;1-3H. The van der Waals surface area contributed by atoms with Crippen LogP contribution in [-0.4, -0.2) is 21.2 Å². The highest BCUT2D eigenvalue weighted by Gasteiger charge is 2.16. The van der Waals surface area contributed by atoms with E-state index in [9.17, 15) is 0 Å². The average molecular weight is 245 g/mol. The van der Waals surface area contributed by atoms with Gasteiger partial charge in [-0.25, -0.2) is 9.97 Å². The first kappa shape index (κ1) is 12.1. The molecule has 6 heteroatoms. The number of nitrogens with two attached hydrogens (primary N) is 1.